The summed E-state index contributed by atoms with van der Waals surface area (Å²) in [4.78, 5) is 0.273. The van der Waals surface area contributed by atoms with Crippen LogP contribution in [0.5, 0.6) is 0 Å². The normalized spacial score (nSPS) is 11.7. The number of fused-ring (bicyclic) bond motifs is 1. The molecule has 0 saturated heterocycles. The number of sulfonamides is 1. The van der Waals surface area contributed by atoms with E-state index >= 15 is 0 Å². The molecule has 5 heteroatoms. The summed E-state index contributed by atoms with van der Waals surface area (Å²) in [6.45, 7) is 1.93. The van der Waals surface area contributed by atoms with Crippen molar-refractivity contribution in [1.29, 1.82) is 0 Å². The molecule has 3 nitrogen and oxygen atoms in total. The second-order valence-corrected chi connectivity index (χ2v) is 7.22. The minimum atomic E-state index is -3.53. The standard InChI is InChI=1S/C15H13NO2S2/c1-11-2-6-14(7-3-11)20(17,18)16-13-5-4-12-8-9-19-15(12)10-13/h2-10,16H,1H3. The zero-order chi connectivity index (χ0) is 14.2. The maximum Gasteiger partial charge on any atom is 0.261 e. The number of rotatable bonds is 3. The average molecular weight is 303 g/mol. The van der Waals surface area contributed by atoms with E-state index in [9.17, 15) is 8.42 Å². The zero-order valence-electron chi connectivity index (χ0n) is 10.8. The number of nitrogens with one attached hydrogen (secondary N) is 1. The summed E-state index contributed by atoms with van der Waals surface area (Å²) >= 11 is 1.59. The van der Waals surface area contributed by atoms with Crippen LogP contribution in [0.3, 0.4) is 0 Å². The smallest absolute Gasteiger partial charge is 0.261 e. The van der Waals surface area contributed by atoms with E-state index in [4.69, 9.17) is 0 Å². The Balaban J connectivity index is 1.94. The van der Waals surface area contributed by atoms with Crippen LogP contribution in [0.1, 0.15) is 5.56 Å². The molecule has 3 aromatic rings. The predicted molar refractivity (Wildman–Crippen MR) is 83.8 cm³/mol. The Hall–Kier alpha value is -1.85. The fraction of sp³-hybridized carbons (Fsp3) is 0.0667. The highest BCUT2D eigenvalue weighted by Crippen LogP contribution is 2.25. The highest BCUT2D eigenvalue weighted by molar-refractivity contribution is 7.92. The van der Waals surface area contributed by atoms with Gasteiger partial charge in [0.15, 0.2) is 0 Å². The number of hydrogen-bond donors (Lipinski definition) is 1. The van der Waals surface area contributed by atoms with E-state index in [1.807, 2.05) is 30.5 Å². The lowest BCUT2D eigenvalue weighted by molar-refractivity contribution is 0.601. The minimum Gasteiger partial charge on any atom is -0.280 e. The molecule has 0 unspecified atom stereocenters. The highest BCUT2D eigenvalue weighted by atomic mass is 32.2. The van der Waals surface area contributed by atoms with Crippen molar-refractivity contribution < 1.29 is 8.42 Å². The van der Waals surface area contributed by atoms with Crippen LogP contribution in [0.25, 0.3) is 10.1 Å². The summed E-state index contributed by atoms with van der Waals surface area (Å²) in [6.07, 6.45) is 0. The third kappa shape index (κ3) is 2.55. The van der Waals surface area contributed by atoms with Crippen LogP contribution in [0.15, 0.2) is 58.8 Å². The third-order valence-corrected chi connectivity index (χ3v) is 5.32. The Morgan fingerprint density at radius 3 is 2.50 bits per heavy atom. The SMILES string of the molecule is Cc1ccc(S(=O)(=O)Nc2ccc3ccsc3c2)cc1. The molecule has 3 rings (SSSR count). The topological polar surface area (TPSA) is 46.2 Å². The van der Waals surface area contributed by atoms with Crippen LogP contribution in [-0.4, -0.2) is 8.42 Å². The van der Waals surface area contributed by atoms with E-state index in [0.29, 0.717) is 5.69 Å². The van der Waals surface area contributed by atoms with E-state index in [2.05, 4.69) is 4.72 Å². The van der Waals surface area contributed by atoms with Crippen molar-refractivity contribution in [3.8, 4) is 0 Å². The van der Waals surface area contributed by atoms with E-state index in [1.54, 1.807) is 41.7 Å². The van der Waals surface area contributed by atoms with Crippen LogP contribution >= 0.6 is 11.3 Å². The van der Waals surface area contributed by atoms with E-state index in [0.717, 1.165) is 15.6 Å². The molecule has 0 fully saturated rings. The van der Waals surface area contributed by atoms with Crippen molar-refractivity contribution in [1.82, 2.24) is 0 Å². The summed E-state index contributed by atoms with van der Waals surface area (Å²) in [5.74, 6) is 0. The number of hydrogen-bond acceptors (Lipinski definition) is 3. The molecular formula is C15H13NO2S2. The van der Waals surface area contributed by atoms with Gasteiger partial charge < -0.3 is 0 Å². The molecule has 1 aromatic heterocycles. The molecular weight excluding hydrogens is 290 g/mol. The first kappa shape index (κ1) is 13.1. The van der Waals surface area contributed by atoms with Gasteiger partial charge in [-0.2, -0.15) is 0 Å². The summed E-state index contributed by atoms with van der Waals surface area (Å²) in [5.41, 5.74) is 1.62. The summed E-state index contributed by atoms with van der Waals surface area (Å²) in [7, 11) is -3.53. The van der Waals surface area contributed by atoms with Gasteiger partial charge in [-0.25, -0.2) is 8.42 Å². The number of anilines is 1. The van der Waals surface area contributed by atoms with Gasteiger partial charge in [-0.15, -0.1) is 11.3 Å². The van der Waals surface area contributed by atoms with Crippen LogP contribution in [0.2, 0.25) is 0 Å². The largest absolute Gasteiger partial charge is 0.280 e. The van der Waals surface area contributed by atoms with Gasteiger partial charge in [-0.1, -0.05) is 23.8 Å². The van der Waals surface area contributed by atoms with Crippen molar-refractivity contribution in [2.24, 2.45) is 0 Å². The predicted octanol–water partition coefficient (Wildman–Crippen LogP) is 4.01. The Kier molecular flexibility index (Phi) is 3.23. The monoisotopic (exact) mass is 303 g/mol. The molecule has 0 radical (unpaired) electrons. The number of aryl methyl sites for hydroxylation is 1. The van der Waals surface area contributed by atoms with Crippen molar-refractivity contribution in [2.75, 3.05) is 4.72 Å². The van der Waals surface area contributed by atoms with Gasteiger partial charge in [0.1, 0.15) is 0 Å². The lowest BCUT2D eigenvalue weighted by Crippen LogP contribution is -2.12. The Bertz CT molecular complexity index is 849. The van der Waals surface area contributed by atoms with Crippen molar-refractivity contribution in [3.63, 3.8) is 0 Å². The highest BCUT2D eigenvalue weighted by Gasteiger charge is 2.13. The summed E-state index contributed by atoms with van der Waals surface area (Å²) in [5, 5.41) is 3.11. The van der Waals surface area contributed by atoms with Crippen LogP contribution < -0.4 is 4.72 Å². The van der Waals surface area contributed by atoms with Crippen LogP contribution in [-0.2, 0) is 10.0 Å². The molecule has 2 aromatic carbocycles. The van der Waals surface area contributed by atoms with Gasteiger partial charge in [0.05, 0.1) is 10.6 Å². The second-order valence-electron chi connectivity index (χ2n) is 4.59. The number of benzene rings is 2. The van der Waals surface area contributed by atoms with Gasteiger partial charge >= 0.3 is 0 Å². The van der Waals surface area contributed by atoms with Gasteiger partial charge in [-0.3, -0.25) is 4.72 Å². The van der Waals surface area contributed by atoms with Crippen LogP contribution in [0.4, 0.5) is 5.69 Å². The summed E-state index contributed by atoms with van der Waals surface area (Å²) < 4.78 is 28.2. The second kappa shape index (κ2) is 4.92. The first-order chi connectivity index (χ1) is 9.54. The molecule has 0 amide bonds. The Morgan fingerprint density at radius 1 is 1.00 bits per heavy atom. The lowest BCUT2D eigenvalue weighted by Gasteiger charge is -2.08. The average Bonchev–Trinajstić information content (AvgIpc) is 2.86. The molecule has 0 aliphatic heterocycles. The summed E-state index contributed by atoms with van der Waals surface area (Å²) in [6, 6.07) is 14.4. The number of thiophene rings is 1. The molecule has 0 spiro atoms. The van der Waals surface area contributed by atoms with Crippen molar-refractivity contribution in [3.05, 3.63) is 59.5 Å². The molecule has 1 heterocycles. The molecule has 0 atom stereocenters. The van der Waals surface area contributed by atoms with E-state index < -0.39 is 10.0 Å². The molecule has 1 N–H and O–H groups in total. The maximum atomic E-state index is 12.3. The van der Waals surface area contributed by atoms with Gasteiger partial charge in [0.25, 0.3) is 10.0 Å². The maximum absolute atomic E-state index is 12.3. The molecule has 0 saturated carbocycles. The zero-order valence-corrected chi connectivity index (χ0v) is 12.5. The molecule has 102 valence electrons. The van der Waals surface area contributed by atoms with Crippen molar-refractivity contribution >= 4 is 37.1 Å². The molecule has 0 aliphatic carbocycles. The fourth-order valence-corrected chi connectivity index (χ4v) is 3.83. The Morgan fingerprint density at radius 2 is 1.75 bits per heavy atom. The molecule has 0 aliphatic rings. The first-order valence-electron chi connectivity index (χ1n) is 6.11. The molecule has 0 bridgehead atoms. The van der Waals surface area contributed by atoms with E-state index in [1.165, 1.54) is 0 Å². The fourth-order valence-electron chi connectivity index (χ4n) is 1.95. The van der Waals surface area contributed by atoms with E-state index in [-0.39, 0.29) is 4.90 Å². The third-order valence-electron chi connectivity index (χ3n) is 3.04. The molecule has 20 heavy (non-hydrogen) atoms. The van der Waals surface area contributed by atoms with Crippen LogP contribution in [0, 0.1) is 6.92 Å². The first-order valence-corrected chi connectivity index (χ1v) is 8.48. The minimum absolute atomic E-state index is 0.273. The van der Waals surface area contributed by atoms with Gasteiger partial charge in [-0.05, 0) is 48.0 Å². The van der Waals surface area contributed by atoms with Crippen molar-refractivity contribution in [2.45, 2.75) is 11.8 Å². The quantitative estimate of drug-likeness (QED) is 0.794. The Labute approximate surface area is 121 Å². The lowest BCUT2D eigenvalue weighted by atomic mass is 10.2. The van der Waals surface area contributed by atoms with Gasteiger partial charge in [0, 0.05) is 4.70 Å². The van der Waals surface area contributed by atoms with Gasteiger partial charge in [0.2, 0.25) is 0 Å².